The van der Waals surface area contributed by atoms with Crippen molar-refractivity contribution in [3.05, 3.63) is 41.5 Å². The van der Waals surface area contributed by atoms with Crippen molar-refractivity contribution in [3.63, 3.8) is 0 Å². The van der Waals surface area contributed by atoms with Crippen LogP contribution >= 0.6 is 0 Å². The van der Waals surface area contributed by atoms with Crippen LogP contribution in [-0.4, -0.2) is 23.6 Å². The molecule has 0 bridgehead atoms. The summed E-state index contributed by atoms with van der Waals surface area (Å²) in [4.78, 5) is 12.3. The molecule has 1 aromatic rings. The first-order valence-corrected chi connectivity index (χ1v) is 12.3. The fourth-order valence-electron chi connectivity index (χ4n) is 8.30. The minimum absolute atomic E-state index is 0.221. The van der Waals surface area contributed by atoms with E-state index in [9.17, 15) is 9.90 Å². The van der Waals surface area contributed by atoms with Gasteiger partial charge in [-0.15, -0.1) is 5.92 Å². The van der Waals surface area contributed by atoms with Gasteiger partial charge in [0.1, 0.15) is 11.4 Å². The Morgan fingerprint density at radius 3 is 2.56 bits per heavy atom. The maximum Gasteiger partial charge on any atom is 0.155 e. The average molecular weight is 433 g/mol. The van der Waals surface area contributed by atoms with E-state index in [4.69, 9.17) is 4.74 Å². The van der Waals surface area contributed by atoms with Crippen molar-refractivity contribution in [1.29, 1.82) is 0 Å². The Morgan fingerprint density at radius 2 is 1.88 bits per heavy atom. The van der Waals surface area contributed by atoms with Gasteiger partial charge in [-0.25, -0.2) is 0 Å². The van der Waals surface area contributed by atoms with E-state index in [2.05, 4.69) is 50.0 Å². The summed E-state index contributed by atoms with van der Waals surface area (Å²) in [6.07, 6.45) is 7.42. The summed E-state index contributed by atoms with van der Waals surface area (Å²) in [6, 6.07) is 8.58. The third kappa shape index (κ3) is 3.10. The molecule has 5 rings (SSSR count). The number of fused-ring (bicyclic) bond motifs is 5. The molecular formula is C29H36O3. The normalized spacial score (nSPS) is 42.7. The third-order valence-electron chi connectivity index (χ3n) is 9.68. The first-order valence-electron chi connectivity index (χ1n) is 12.3. The van der Waals surface area contributed by atoms with Crippen LogP contribution in [0.4, 0.5) is 0 Å². The SMILES string of the molecule is CC#C[C@]1(O)CCC2C3C(C)CC4=CC(=O)CCC4C3C(c3ccc(OC)cc3)C[C@@]21C. The zero-order chi connectivity index (χ0) is 22.7. The highest BCUT2D eigenvalue weighted by Gasteiger charge is 2.65. The summed E-state index contributed by atoms with van der Waals surface area (Å²) in [5.74, 6) is 10.4. The summed E-state index contributed by atoms with van der Waals surface area (Å²) < 4.78 is 5.43. The molecule has 3 fully saturated rings. The Hall–Kier alpha value is -2.05. The van der Waals surface area contributed by atoms with E-state index >= 15 is 0 Å². The minimum atomic E-state index is -0.916. The first-order chi connectivity index (χ1) is 15.3. The molecule has 1 N–H and O–H groups in total. The highest BCUT2D eigenvalue weighted by Crippen LogP contribution is 2.69. The Balaban J connectivity index is 1.64. The molecule has 3 nitrogen and oxygen atoms in total. The monoisotopic (exact) mass is 432 g/mol. The van der Waals surface area contributed by atoms with Crippen LogP contribution in [0, 0.1) is 46.8 Å². The molecule has 0 radical (unpaired) electrons. The molecule has 4 aliphatic carbocycles. The number of rotatable bonds is 2. The molecule has 0 aliphatic heterocycles. The van der Waals surface area contributed by atoms with Crippen LogP contribution in [-0.2, 0) is 4.79 Å². The largest absolute Gasteiger partial charge is 0.497 e. The molecule has 170 valence electrons. The standard InChI is InChI=1S/C29H36O3/c1-5-13-29(31)14-12-25-26-18(2)15-20-16-21(30)8-11-23(20)27(26)24(17-28(25,29)3)19-6-9-22(32-4)10-7-19/h6-7,9-10,16,18,23-27,31H,8,11-12,14-15,17H2,1-4H3/t18?,23?,24?,25?,26?,27?,28-,29-/m0/s1. The molecule has 0 saturated heterocycles. The molecule has 0 amide bonds. The number of ether oxygens (including phenoxy) is 1. The lowest BCUT2D eigenvalue weighted by Crippen LogP contribution is -2.56. The fourth-order valence-corrected chi connectivity index (χ4v) is 8.30. The number of hydrogen-bond donors (Lipinski definition) is 1. The van der Waals surface area contributed by atoms with Gasteiger partial charge in [0.05, 0.1) is 7.11 Å². The van der Waals surface area contributed by atoms with Gasteiger partial charge in [-0.3, -0.25) is 4.79 Å². The molecule has 6 unspecified atom stereocenters. The smallest absolute Gasteiger partial charge is 0.155 e. The Morgan fingerprint density at radius 1 is 1.12 bits per heavy atom. The number of hydrogen-bond acceptors (Lipinski definition) is 3. The van der Waals surface area contributed by atoms with Gasteiger partial charge in [0.15, 0.2) is 5.78 Å². The van der Waals surface area contributed by atoms with Gasteiger partial charge in [0, 0.05) is 11.8 Å². The van der Waals surface area contributed by atoms with E-state index in [0.717, 1.165) is 37.9 Å². The third-order valence-corrected chi connectivity index (χ3v) is 9.68. The molecule has 3 heteroatoms. The maximum absolute atomic E-state index is 12.3. The zero-order valence-corrected chi connectivity index (χ0v) is 19.9. The molecule has 0 aromatic heterocycles. The predicted octanol–water partition coefficient (Wildman–Crippen LogP) is 5.53. The molecule has 8 atom stereocenters. The Bertz CT molecular complexity index is 995. The van der Waals surface area contributed by atoms with Crippen molar-refractivity contribution in [1.82, 2.24) is 0 Å². The van der Waals surface area contributed by atoms with Gasteiger partial charge < -0.3 is 9.84 Å². The quantitative estimate of drug-likeness (QED) is 0.625. The van der Waals surface area contributed by atoms with Gasteiger partial charge in [0.2, 0.25) is 0 Å². The van der Waals surface area contributed by atoms with Crippen molar-refractivity contribution < 1.29 is 14.6 Å². The second-order valence-electron chi connectivity index (χ2n) is 11.0. The zero-order valence-electron chi connectivity index (χ0n) is 19.9. The molecular weight excluding hydrogens is 396 g/mol. The molecule has 1 aromatic carbocycles. The number of allylic oxidation sites excluding steroid dienone is 1. The number of carbonyl (C=O) groups is 1. The van der Waals surface area contributed by atoms with Crippen molar-refractivity contribution in [2.45, 2.75) is 70.8 Å². The van der Waals surface area contributed by atoms with E-state index in [-0.39, 0.29) is 5.41 Å². The van der Waals surface area contributed by atoms with Gasteiger partial charge in [-0.05, 0) is 98.3 Å². The highest BCUT2D eigenvalue weighted by molar-refractivity contribution is 5.91. The van der Waals surface area contributed by atoms with Gasteiger partial charge in [-0.1, -0.05) is 37.5 Å². The van der Waals surface area contributed by atoms with Crippen LogP contribution in [0.15, 0.2) is 35.9 Å². The Labute approximate surface area is 192 Å². The van der Waals surface area contributed by atoms with Gasteiger partial charge in [-0.2, -0.15) is 0 Å². The molecule has 0 spiro atoms. The number of carbonyl (C=O) groups excluding carboxylic acids is 1. The van der Waals surface area contributed by atoms with Crippen LogP contribution < -0.4 is 4.74 Å². The maximum atomic E-state index is 12.3. The summed E-state index contributed by atoms with van der Waals surface area (Å²) in [5, 5.41) is 11.8. The molecule has 0 heterocycles. The van der Waals surface area contributed by atoms with Crippen molar-refractivity contribution in [2.75, 3.05) is 7.11 Å². The molecule has 4 aliphatic rings. The van der Waals surface area contributed by atoms with Crippen LogP contribution in [0.3, 0.4) is 0 Å². The van der Waals surface area contributed by atoms with Crippen LogP contribution in [0.5, 0.6) is 5.75 Å². The summed E-state index contributed by atoms with van der Waals surface area (Å²) in [7, 11) is 1.71. The topological polar surface area (TPSA) is 46.5 Å². The lowest BCUT2D eigenvalue weighted by molar-refractivity contribution is -0.119. The lowest BCUT2D eigenvalue weighted by atomic mass is 9.45. The van der Waals surface area contributed by atoms with E-state index in [1.165, 1.54) is 11.1 Å². The molecule has 32 heavy (non-hydrogen) atoms. The van der Waals surface area contributed by atoms with E-state index in [1.54, 1.807) is 7.11 Å². The van der Waals surface area contributed by atoms with E-state index < -0.39 is 5.60 Å². The van der Waals surface area contributed by atoms with Crippen LogP contribution in [0.25, 0.3) is 0 Å². The van der Waals surface area contributed by atoms with Crippen molar-refractivity contribution in [3.8, 4) is 17.6 Å². The number of ketones is 1. The number of benzene rings is 1. The first kappa shape index (κ1) is 21.8. The van der Waals surface area contributed by atoms with Crippen LogP contribution in [0.2, 0.25) is 0 Å². The Kier molecular flexibility index (Phi) is 5.29. The fraction of sp³-hybridized carbons (Fsp3) is 0.621. The average Bonchev–Trinajstić information content (AvgIpc) is 3.03. The molecule has 3 saturated carbocycles. The van der Waals surface area contributed by atoms with E-state index in [0.29, 0.717) is 47.7 Å². The number of methoxy groups -OCH3 is 1. The van der Waals surface area contributed by atoms with Gasteiger partial charge >= 0.3 is 0 Å². The number of aliphatic hydroxyl groups is 1. The second-order valence-corrected chi connectivity index (χ2v) is 11.0. The van der Waals surface area contributed by atoms with Crippen molar-refractivity contribution >= 4 is 5.78 Å². The van der Waals surface area contributed by atoms with Gasteiger partial charge in [0.25, 0.3) is 0 Å². The predicted molar refractivity (Wildman–Crippen MR) is 126 cm³/mol. The summed E-state index contributed by atoms with van der Waals surface area (Å²) in [5.41, 5.74) is 1.59. The summed E-state index contributed by atoms with van der Waals surface area (Å²) in [6.45, 7) is 6.54. The highest BCUT2D eigenvalue weighted by atomic mass is 16.5. The minimum Gasteiger partial charge on any atom is -0.497 e. The van der Waals surface area contributed by atoms with Crippen molar-refractivity contribution in [2.24, 2.45) is 35.0 Å². The lowest BCUT2D eigenvalue weighted by Gasteiger charge is -2.60. The second kappa shape index (κ2) is 7.77. The van der Waals surface area contributed by atoms with Crippen LogP contribution in [0.1, 0.15) is 70.8 Å². The van der Waals surface area contributed by atoms with E-state index in [1.807, 2.05) is 13.0 Å². The summed E-state index contributed by atoms with van der Waals surface area (Å²) >= 11 is 0.